The molecule has 5 heteroatoms. The van der Waals surface area contributed by atoms with Gasteiger partial charge in [-0.15, -0.1) is 11.3 Å². The molecule has 114 valence electrons. The minimum absolute atomic E-state index is 0.230. The number of carbonyl (C=O) groups excluding carboxylic acids is 1. The number of amides is 1. The Balaban J connectivity index is 1.95. The monoisotopic (exact) mass is 315 g/mol. The highest BCUT2D eigenvalue weighted by Gasteiger charge is 2.26. The molecule has 0 aliphatic heterocycles. The van der Waals surface area contributed by atoms with E-state index in [0.717, 1.165) is 17.7 Å². The summed E-state index contributed by atoms with van der Waals surface area (Å²) in [5, 5.41) is 9.05. The molecule has 1 amide bonds. The van der Waals surface area contributed by atoms with Gasteiger partial charge in [-0.2, -0.15) is 0 Å². The van der Waals surface area contributed by atoms with E-state index in [1.54, 1.807) is 0 Å². The second-order valence-electron chi connectivity index (χ2n) is 5.55. The maximum Gasteiger partial charge on any atom is 0.326 e. The van der Waals surface area contributed by atoms with Gasteiger partial charge in [0.15, 0.2) is 0 Å². The van der Waals surface area contributed by atoms with Gasteiger partial charge in [-0.1, -0.05) is 24.3 Å². The maximum absolute atomic E-state index is 12.5. The Hall–Kier alpha value is -2.14. The zero-order valence-electron chi connectivity index (χ0n) is 12.5. The first-order valence-electron chi connectivity index (χ1n) is 7.20. The van der Waals surface area contributed by atoms with Crippen LogP contribution in [0.3, 0.4) is 0 Å². The molecule has 0 fully saturated rings. The van der Waals surface area contributed by atoms with E-state index in [9.17, 15) is 9.59 Å². The van der Waals surface area contributed by atoms with Gasteiger partial charge in [0, 0.05) is 11.9 Å². The lowest BCUT2D eigenvalue weighted by Crippen LogP contribution is -2.39. The number of nitrogens with zero attached hydrogens (tertiary/aromatic N) is 1. The summed E-state index contributed by atoms with van der Waals surface area (Å²) in [5.74, 6) is -1.23. The number of aliphatic carboxylic acids is 1. The number of benzene rings is 1. The van der Waals surface area contributed by atoms with E-state index in [1.165, 1.54) is 46.9 Å². The second-order valence-corrected chi connectivity index (χ2v) is 6.60. The lowest BCUT2D eigenvalue weighted by atomic mass is 9.91. The smallest absolute Gasteiger partial charge is 0.326 e. The molecule has 1 unspecified atom stereocenters. The van der Waals surface area contributed by atoms with Gasteiger partial charge in [0.05, 0.1) is 4.88 Å². The number of carboxylic acid groups (broad SMARTS) is 1. The molecular formula is C17H17NO3S. The highest BCUT2D eigenvalue weighted by molar-refractivity contribution is 7.17. The van der Waals surface area contributed by atoms with Gasteiger partial charge in [0.2, 0.25) is 0 Å². The lowest BCUT2D eigenvalue weighted by molar-refractivity contribution is -0.141. The summed E-state index contributed by atoms with van der Waals surface area (Å²) in [6.07, 6.45) is 1.91. The summed E-state index contributed by atoms with van der Waals surface area (Å²) in [7, 11) is 1.54. The molecule has 0 radical (unpaired) electrons. The molecule has 0 saturated heterocycles. The summed E-state index contributed by atoms with van der Waals surface area (Å²) >= 11 is 1.46. The molecule has 1 N–H and O–H groups in total. The van der Waals surface area contributed by atoms with Crippen molar-refractivity contribution in [2.75, 3.05) is 7.05 Å². The standard InChI is InChI=1S/C17H17NO3S/c1-10(17(20)21)18(2)16(19)14-9-12-8-7-11-5-3-4-6-13(11)15(12)22-14/h3-6,9-10H,7-8H2,1-2H3,(H,20,21). The fourth-order valence-electron chi connectivity index (χ4n) is 2.69. The van der Waals surface area contributed by atoms with Gasteiger partial charge in [-0.3, -0.25) is 4.79 Å². The van der Waals surface area contributed by atoms with Crippen LogP contribution in [0.1, 0.15) is 27.7 Å². The van der Waals surface area contributed by atoms with E-state index in [1.807, 2.05) is 18.2 Å². The Morgan fingerprint density at radius 2 is 1.91 bits per heavy atom. The summed E-state index contributed by atoms with van der Waals surface area (Å²) in [6.45, 7) is 1.52. The van der Waals surface area contributed by atoms with Crippen LogP contribution in [-0.4, -0.2) is 35.0 Å². The van der Waals surface area contributed by atoms with Crippen LogP contribution in [0.25, 0.3) is 10.4 Å². The molecule has 0 spiro atoms. The van der Waals surface area contributed by atoms with Crippen LogP contribution in [0, 0.1) is 0 Å². The molecule has 0 bridgehead atoms. The highest BCUT2D eigenvalue weighted by atomic mass is 32.1. The Morgan fingerprint density at radius 3 is 2.64 bits per heavy atom. The summed E-state index contributed by atoms with van der Waals surface area (Å²) in [5.41, 5.74) is 3.69. The number of hydrogen-bond donors (Lipinski definition) is 1. The van der Waals surface area contributed by atoms with Crippen molar-refractivity contribution in [1.29, 1.82) is 0 Å². The largest absolute Gasteiger partial charge is 0.480 e. The van der Waals surface area contributed by atoms with E-state index in [4.69, 9.17) is 5.11 Å². The van der Waals surface area contributed by atoms with Crippen molar-refractivity contribution >= 4 is 23.2 Å². The third-order valence-corrected chi connectivity index (χ3v) is 5.40. The number of rotatable bonds is 3. The predicted molar refractivity (Wildman–Crippen MR) is 86.4 cm³/mol. The Morgan fingerprint density at radius 1 is 1.23 bits per heavy atom. The minimum atomic E-state index is -0.998. The normalized spacial score (nSPS) is 13.9. The van der Waals surface area contributed by atoms with E-state index in [2.05, 4.69) is 12.1 Å². The fourth-order valence-corrected chi connectivity index (χ4v) is 3.95. The van der Waals surface area contributed by atoms with Crippen molar-refractivity contribution in [2.24, 2.45) is 0 Å². The molecule has 1 heterocycles. The van der Waals surface area contributed by atoms with Gasteiger partial charge < -0.3 is 10.0 Å². The predicted octanol–water partition coefficient (Wildman–Crippen LogP) is 3.06. The molecule has 22 heavy (non-hydrogen) atoms. The topological polar surface area (TPSA) is 57.6 Å². The van der Waals surface area contributed by atoms with Crippen LogP contribution in [-0.2, 0) is 17.6 Å². The second kappa shape index (κ2) is 5.57. The Labute approximate surface area is 133 Å². The van der Waals surface area contributed by atoms with E-state index >= 15 is 0 Å². The van der Waals surface area contributed by atoms with Crippen molar-refractivity contribution < 1.29 is 14.7 Å². The average molecular weight is 315 g/mol. The Bertz CT molecular complexity index is 750. The lowest BCUT2D eigenvalue weighted by Gasteiger charge is -2.20. The number of fused-ring (bicyclic) bond motifs is 3. The number of carboxylic acids is 1. The van der Waals surface area contributed by atoms with E-state index in [0.29, 0.717) is 4.88 Å². The molecule has 1 aromatic carbocycles. The number of hydrogen-bond acceptors (Lipinski definition) is 3. The Kier molecular flexibility index (Phi) is 3.74. The van der Waals surface area contributed by atoms with Crippen LogP contribution < -0.4 is 0 Å². The third kappa shape index (κ3) is 2.41. The number of thiophene rings is 1. The van der Waals surface area contributed by atoms with Crippen LogP contribution in [0.5, 0.6) is 0 Å². The number of likely N-dealkylation sites (N-methyl/N-ethyl adjacent to an activating group) is 1. The van der Waals surface area contributed by atoms with Crippen molar-refractivity contribution in [1.82, 2.24) is 4.90 Å². The highest BCUT2D eigenvalue weighted by Crippen LogP contribution is 2.39. The van der Waals surface area contributed by atoms with Crippen LogP contribution in [0.4, 0.5) is 0 Å². The van der Waals surface area contributed by atoms with Crippen LogP contribution >= 0.6 is 11.3 Å². The molecule has 4 nitrogen and oxygen atoms in total. The van der Waals surface area contributed by atoms with Crippen molar-refractivity contribution in [3.8, 4) is 10.4 Å². The zero-order valence-corrected chi connectivity index (χ0v) is 13.3. The number of carbonyl (C=O) groups is 2. The molecule has 1 aliphatic carbocycles. The van der Waals surface area contributed by atoms with Crippen molar-refractivity contribution in [3.05, 3.63) is 46.3 Å². The van der Waals surface area contributed by atoms with Gasteiger partial charge in [-0.25, -0.2) is 4.79 Å². The third-order valence-electron chi connectivity index (χ3n) is 4.20. The molecular weight excluding hydrogens is 298 g/mol. The molecule has 1 atom stereocenters. The van der Waals surface area contributed by atoms with Crippen LogP contribution in [0.2, 0.25) is 0 Å². The minimum Gasteiger partial charge on any atom is -0.480 e. The SMILES string of the molecule is CC(C(=O)O)N(C)C(=O)c1cc2c(s1)-c1ccccc1CC2. The molecule has 0 saturated carbocycles. The van der Waals surface area contributed by atoms with E-state index in [-0.39, 0.29) is 5.91 Å². The quantitative estimate of drug-likeness (QED) is 0.947. The molecule has 1 aromatic heterocycles. The first kappa shape index (κ1) is 14.8. The number of aryl methyl sites for hydroxylation is 2. The van der Waals surface area contributed by atoms with Gasteiger partial charge in [-0.05, 0) is 42.5 Å². The summed E-state index contributed by atoms with van der Waals surface area (Å²) in [4.78, 5) is 26.6. The first-order valence-corrected chi connectivity index (χ1v) is 8.01. The zero-order chi connectivity index (χ0) is 15.9. The van der Waals surface area contributed by atoms with E-state index < -0.39 is 12.0 Å². The van der Waals surface area contributed by atoms with Gasteiger partial charge in [0.1, 0.15) is 6.04 Å². The summed E-state index contributed by atoms with van der Waals surface area (Å²) < 4.78 is 0. The maximum atomic E-state index is 12.5. The summed E-state index contributed by atoms with van der Waals surface area (Å²) in [6, 6.07) is 9.34. The molecule has 2 aromatic rings. The first-order chi connectivity index (χ1) is 10.5. The molecule has 3 rings (SSSR count). The molecule has 1 aliphatic rings. The van der Waals surface area contributed by atoms with Gasteiger partial charge in [0.25, 0.3) is 5.91 Å². The van der Waals surface area contributed by atoms with Gasteiger partial charge >= 0.3 is 5.97 Å². The fraction of sp³-hybridized carbons (Fsp3) is 0.294. The van der Waals surface area contributed by atoms with Crippen molar-refractivity contribution in [3.63, 3.8) is 0 Å². The van der Waals surface area contributed by atoms with Crippen LogP contribution in [0.15, 0.2) is 30.3 Å². The van der Waals surface area contributed by atoms with Crippen molar-refractivity contribution in [2.45, 2.75) is 25.8 Å². The average Bonchev–Trinajstić information content (AvgIpc) is 2.97.